The minimum Gasteiger partial charge on any atom is -0.379 e. The molecule has 0 amide bonds. The Balaban J connectivity index is 2.25. The van der Waals surface area contributed by atoms with E-state index in [-0.39, 0.29) is 17.6 Å². The van der Waals surface area contributed by atoms with Gasteiger partial charge in [0.25, 0.3) is 5.56 Å². The summed E-state index contributed by atoms with van der Waals surface area (Å²) in [5.74, 6) is 0. The highest BCUT2D eigenvalue weighted by Crippen LogP contribution is 2.18. The van der Waals surface area contributed by atoms with Gasteiger partial charge in [-0.05, 0) is 38.8 Å². The molecule has 1 aromatic heterocycles. The molecule has 0 bridgehead atoms. The minimum atomic E-state index is 0.0525. The Kier molecular flexibility index (Phi) is 3.84. The van der Waals surface area contributed by atoms with Gasteiger partial charge in [0.05, 0.1) is 12.6 Å². The molecule has 0 radical (unpaired) electrons. The lowest BCUT2D eigenvalue weighted by Gasteiger charge is -2.24. The van der Waals surface area contributed by atoms with Crippen LogP contribution in [0, 0.1) is 0 Å². The highest BCUT2D eigenvalue weighted by atomic mass is 16.5. The average molecular weight is 236 g/mol. The van der Waals surface area contributed by atoms with Gasteiger partial charge < -0.3 is 14.6 Å². The van der Waals surface area contributed by atoms with Gasteiger partial charge in [-0.15, -0.1) is 0 Å². The molecule has 0 unspecified atom stereocenters. The van der Waals surface area contributed by atoms with E-state index in [1.807, 2.05) is 32.2 Å². The van der Waals surface area contributed by atoms with Crippen LogP contribution in [0.25, 0.3) is 0 Å². The molecule has 1 atom stereocenters. The van der Waals surface area contributed by atoms with Gasteiger partial charge in [0.1, 0.15) is 5.69 Å². The van der Waals surface area contributed by atoms with Crippen molar-refractivity contribution in [3.8, 4) is 0 Å². The summed E-state index contributed by atoms with van der Waals surface area (Å²) < 4.78 is 7.23. The summed E-state index contributed by atoms with van der Waals surface area (Å²) in [6.45, 7) is 5.52. The molecule has 1 fully saturated rings. The van der Waals surface area contributed by atoms with E-state index >= 15 is 0 Å². The smallest absolute Gasteiger partial charge is 0.274 e. The Morgan fingerprint density at radius 1 is 1.53 bits per heavy atom. The summed E-state index contributed by atoms with van der Waals surface area (Å²) >= 11 is 0. The van der Waals surface area contributed by atoms with Crippen molar-refractivity contribution in [2.45, 2.75) is 38.8 Å². The molecule has 1 aliphatic rings. The molecule has 4 heteroatoms. The molecular formula is C13H20N2O2. The monoisotopic (exact) mass is 236 g/mol. The van der Waals surface area contributed by atoms with Crippen LogP contribution in [-0.4, -0.2) is 23.8 Å². The Bertz CT molecular complexity index is 420. The van der Waals surface area contributed by atoms with Gasteiger partial charge in [-0.1, -0.05) is 0 Å². The summed E-state index contributed by atoms with van der Waals surface area (Å²) in [6, 6.07) is 4.20. The van der Waals surface area contributed by atoms with E-state index in [9.17, 15) is 4.79 Å². The van der Waals surface area contributed by atoms with E-state index in [1.165, 1.54) is 0 Å². The van der Waals surface area contributed by atoms with Gasteiger partial charge in [0, 0.05) is 18.8 Å². The topological polar surface area (TPSA) is 43.3 Å². The van der Waals surface area contributed by atoms with Crippen LogP contribution >= 0.6 is 0 Å². The molecule has 17 heavy (non-hydrogen) atoms. The number of pyridine rings is 1. The van der Waals surface area contributed by atoms with Crippen molar-refractivity contribution < 1.29 is 4.74 Å². The predicted molar refractivity (Wildman–Crippen MR) is 68.6 cm³/mol. The van der Waals surface area contributed by atoms with Crippen LogP contribution in [-0.2, 0) is 4.74 Å². The molecular weight excluding hydrogens is 216 g/mol. The number of hydrogen-bond donors (Lipinski definition) is 1. The van der Waals surface area contributed by atoms with Crippen molar-refractivity contribution >= 4 is 5.69 Å². The van der Waals surface area contributed by atoms with Gasteiger partial charge in [-0.3, -0.25) is 4.79 Å². The van der Waals surface area contributed by atoms with Crippen LogP contribution < -0.4 is 10.9 Å². The fourth-order valence-electron chi connectivity index (χ4n) is 2.16. The van der Waals surface area contributed by atoms with Crippen LogP contribution in [0.3, 0.4) is 0 Å². The van der Waals surface area contributed by atoms with Crippen molar-refractivity contribution in [2.75, 3.05) is 18.5 Å². The van der Waals surface area contributed by atoms with Crippen LogP contribution in [0.2, 0.25) is 0 Å². The van der Waals surface area contributed by atoms with Crippen molar-refractivity contribution in [2.24, 2.45) is 0 Å². The molecule has 1 aromatic rings. The Morgan fingerprint density at radius 2 is 2.35 bits per heavy atom. The van der Waals surface area contributed by atoms with Gasteiger partial charge in [0.15, 0.2) is 0 Å². The van der Waals surface area contributed by atoms with Gasteiger partial charge in [-0.2, -0.15) is 0 Å². The van der Waals surface area contributed by atoms with Crippen molar-refractivity contribution in [1.29, 1.82) is 0 Å². The van der Waals surface area contributed by atoms with Crippen molar-refractivity contribution in [3.63, 3.8) is 0 Å². The first-order valence-corrected chi connectivity index (χ1v) is 6.24. The number of rotatable bonds is 3. The Hall–Kier alpha value is -1.29. The molecule has 0 aliphatic carbocycles. The predicted octanol–water partition coefficient (Wildman–Crippen LogP) is 2.02. The second-order valence-corrected chi connectivity index (χ2v) is 4.80. The fourth-order valence-corrected chi connectivity index (χ4v) is 2.16. The zero-order valence-corrected chi connectivity index (χ0v) is 10.5. The number of aromatic nitrogens is 1. The SMILES string of the molecule is CC(C)Nc1cccn([C@@H]2CCCOC2)c1=O. The molecule has 2 rings (SSSR count). The Morgan fingerprint density at radius 3 is 3.00 bits per heavy atom. The van der Waals surface area contributed by atoms with E-state index in [2.05, 4.69) is 5.32 Å². The van der Waals surface area contributed by atoms with Crippen molar-refractivity contribution in [3.05, 3.63) is 28.7 Å². The third-order valence-corrected chi connectivity index (χ3v) is 2.95. The number of nitrogens with zero attached hydrogens (tertiary/aromatic N) is 1. The summed E-state index contributed by atoms with van der Waals surface area (Å²) in [6.07, 6.45) is 3.90. The lowest BCUT2D eigenvalue weighted by atomic mass is 10.1. The maximum Gasteiger partial charge on any atom is 0.274 e. The number of nitrogens with one attached hydrogen (secondary N) is 1. The number of anilines is 1. The van der Waals surface area contributed by atoms with Crippen molar-refractivity contribution in [1.82, 2.24) is 4.57 Å². The zero-order chi connectivity index (χ0) is 12.3. The third kappa shape index (κ3) is 2.88. The average Bonchev–Trinajstić information content (AvgIpc) is 2.32. The second-order valence-electron chi connectivity index (χ2n) is 4.80. The van der Waals surface area contributed by atoms with Gasteiger partial charge >= 0.3 is 0 Å². The molecule has 1 N–H and O–H groups in total. The van der Waals surface area contributed by atoms with E-state index in [0.29, 0.717) is 12.3 Å². The quantitative estimate of drug-likeness (QED) is 0.873. The van der Waals surface area contributed by atoms with Crippen LogP contribution in [0.15, 0.2) is 23.1 Å². The highest BCUT2D eigenvalue weighted by Gasteiger charge is 2.17. The first kappa shape index (κ1) is 12.2. The van der Waals surface area contributed by atoms with E-state index in [4.69, 9.17) is 4.74 Å². The maximum atomic E-state index is 12.2. The summed E-state index contributed by atoms with van der Waals surface area (Å²) in [4.78, 5) is 12.2. The van der Waals surface area contributed by atoms with Crippen LogP contribution in [0.5, 0.6) is 0 Å². The highest BCUT2D eigenvalue weighted by molar-refractivity contribution is 5.41. The molecule has 4 nitrogen and oxygen atoms in total. The van der Waals surface area contributed by atoms with Crippen LogP contribution in [0.4, 0.5) is 5.69 Å². The normalized spacial score (nSPS) is 20.5. The molecule has 0 aromatic carbocycles. The third-order valence-electron chi connectivity index (χ3n) is 2.95. The molecule has 0 spiro atoms. The van der Waals surface area contributed by atoms with Crippen LogP contribution in [0.1, 0.15) is 32.7 Å². The number of hydrogen-bond acceptors (Lipinski definition) is 3. The molecule has 94 valence electrons. The van der Waals surface area contributed by atoms with Gasteiger partial charge in [0.2, 0.25) is 0 Å². The standard InChI is InChI=1S/C13H20N2O2/c1-10(2)14-12-6-3-7-15(13(12)16)11-5-4-8-17-9-11/h3,6-7,10-11,14H,4-5,8-9H2,1-2H3/t11-/m1/s1. The zero-order valence-electron chi connectivity index (χ0n) is 10.5. The first-order valence-electron chi connectivity index (χ1n) is 6.24. The number of ether oxygens (including phenoxy) is 1. The van der Waals surface area contributed by atoms with E-state index in [1.54, 1.807) is 4.57 Å². The largest absolute Gasteiger partial charge is 0.379 e. The molecule has 2 heterocycles. The first-order chi connectivity index (χ1) is 8.18. The lowest BCUT2D eigenvalue weighted by Crippen LogP contribution is -2.32. The van der Waals surface area contributed by atoms with Gasteiger partial charge in [-0.25, -0.2) is 0 Å². The van der Waals surface area contributed by atoms with E-state index in [0.717, 1.165) is 19.4 Å². The Labute approximate surface area is 102 Å². The lowest BCUT2D eigenvalue weighted by molar-refractivity contribution is 0.0580. The summed E-state index contributed by atoms with van der Waals surface area (Å²) in [5, 5.41) is 3.18. The second kappa shape index (κ2) is 5.36. The summed E-state index contributed by atoms with van der Waals surface area (Å²) in [7, 11) is 0. The minimum absolute atomic E-state index is 0.0525. The molecule has 1 aliphatic heterocycles. The fraction of sp³-hybridized carbons (Fsp3) is 0.615. The maximum absolute atomic E-state index is 12.2. The summed E-state index contributed by atoms with van der Waals surface area (Å²) in [5.41, 5.74) is 0.727. The molecule has 1 saturated heterocycles. The molecule has 0 saturated carbocycles. The van der Waals surface area contributed by atoms with E-state index < -0.39 is 0 Å².